The van der Waals surface area contributed by atoms with Crippen molar-refractivity contribution in [2.24, 2.45) is 0 Å². The zero-order valence-electron chi connectivity index (χ0n) is 16.3. The summed E-state index contributed by atoms with van der Waals surface area (Å²) in [6.07, 6.45) is 6.09. The van der Waals surface area contributed by atoms with Crippen LogP contribution in [0.15, 0.2) is 79.6 Å². The van der Waals surface area contributed by atoms with Crippen LogP contribution in [-0.4, -0.2) is 30.6 Å². The zero-order chi connectivity index (χ0) is 20.8. The van der Waals surface area contributed by atoms with Gasteiger partial charge in [-0.05, 0) is 30.2 Å². The van der Waals surface area contributed by atoms with Gasteiger partial charge in [0.1, 0.15) is 18.8 Å². The van der Waals surface area contributed by atoms with Crippen molar-refractivity contribution in [3.8, 4) is 11.7 Å². The van der Waals surface area contributed by atoms with E-state index >= 15 is 0 Å². The first kappa shape index (κ1) is 19.3. The van der Waals surface area contributed by atoms with E-state index in [1.165, 1.54) is 12.5 Å². The van der Waals surface area contributed by atoms with Crippen molar-refractivity contribution < 1.29 is 9.53 Å². The molecule has 0 aliphatic carbocycles. The second-order valence-corrected chi connectivity index (χ2v) is 6.60. The molecule has 0 saturated carbocycles. The van der Waals surface area contributed by atoms with Crippen LogP contribution < -0.4 is 10.1 Å². The third-order valence-electron chi connectivity index (χ3n) is 4.48. The summed E-state index contributed by atoms with van der Waals surface area (Å²) in [4.78, 5) is 24.8. The van der Waals surface area contributed by atoms with E-state index in [0.717, 1.165) is 11.1 Å². The van der Waals surface area contributed by atoms with Crippen molar-refractivity contribution in [3.05, 3.63) is 96.3 Å². The monoisotopic (exact) mass is 400 g/mol. The van der Waals surface area contributed by atoms with Gasteiger partial charge in [-0.1, -0.05) is 36.4 Å². The minimum atomic E-state index is -0.217. The summed E-state index contributed by atoms with van der Waals surface area (Å²) in [7, 11) is 0. The van der Waals surface area contributed by atoms with E-state index in [9.17, 15) is 4.79 Å². The molecule has 1 N–H and O–H groups in total. The first-order chi connectivity index (χ1) is 14.7. The number of pyridine rings is 2. The van der Waals surface area contributed by atoms with Crippen molar-refractivity contribution in [1.82, 2.24) is 30.0 Å². The van der Waals surface area contributed by atoms with E-state index in [4.69, 9.17) is 4.74 Å². The largest absolute Gasteiger partial charge is 0.470 e. The number of carbonyl (C=O) groups is 1. The Balaban J connectivity index is 1.31. The lowest BCUT2D eigenvalue weighted by molar-refractivity contribution is 0.0950. The molecular weight excluding hydrogens is 380 g/mol. The molecule has 0 spiro atoms. The molecule has 0 saturated heterocycles. The molecular formula is C22H20N6O2. The Morgan fingerprint density at radius 2 is 1.93 bits per heavy atom. The molecule has 4 aromatic rings. The van der Waals surface area contributed by atoms with Crippen LogP contribution in [-0.2, 0) is 6.54 Å². The van der Waals surface area contributed by atoms with E-state index in [1.807, 2.05) is 49.4 Å². The molecule has 3 aromatic heterocycles. The molecule has 150 valence electrons. The fourth-order valence-electron chi connectivity index (χ4n) is 2.83. The van der Waals surface area contributed by atoms with Crippen LogP contribution in [0.3, 0.4) is 0 Å². The minimum absolute atomic E-state index is 0.133. The quantitative estimate of drug-likeness (QED) is 0.512. The third-order valence-corrected chi connectivity index (χ3v) is 4.48. The Morgan fingerprint density at radius 1 is 1.07 bits per heavy atom. The standard InChI is InChI=1S/C22H20N6O2/c1-16(18-5-3-2-4-6-18)30-21-10-8-19(13-25-21)22(29)26-12-17-7-9-20(24-11-17)28-15-23-14-27-28/h2-11,13-16H,12H2,1H3,(H,26,29)/t16-/m0/s1. The number of carbonyl (C=O) groups excluding carboxylic acids is 1. The number of amides is 1. The van der Waals surface area contributed by atoms with Crippen LogP contribution >= 0.6 is 0 Å². The van der Waals surface area contributed by atoms with Gasteiger partial charge in [0.15, 0.2) is 5.82 Å². The summed E-state index contributed by atoms with van der Waals surface area (Å²) in [5.41, 5.74) is 2.39. The second-order valence-electron chi connectivity index (χ2n) is 6.60. The number of ether oxygens (including phenoxy) is 1. The van der Waals surface area contributed by atoms with E-state index in [-0.39, 0.29) is 12.0 Å². The summed E-state index contributed by atoms with van der Waals surface area (Å²) in [6, 6.07) is 17.0. The number of hydrogen-bond donors (Lipinski definition) is 1. The van der Waals surface area contributed by atoms with Gasteiger partial charge in [-0.15, -0.1) is 0 Å². The van der Waals surface area contributed by atoms with Gasteiger partial charge in [0.25, 0.3) is 5.91 Å². The molecule has 8 heteroatoms. The third kappa shape index (κ3) is 4.67. The summed E-state index contributed by atoms with van der Waals surface area (Å²) in [5, 5.41) is 6.89. The number of rotatable bonds is 7. The summed E-state index contributed by atoms with van der Waals surface area (Å²) >= 11 is 0. The Kier molecular flexibility index (Phi) is 5.75. The fourth-order valence-corrected chi connectivity index (χ4v) is 2.83. The van der Waals surface area contributed by atoms with Crippen LogP contribution in [0.4, 0.5) is 0 Å². The highest BCUT2D eigenvalue weighted by molar-refractivity contribution is 5.93. The molecule has 0 bridgehead atoms. The Hall–Kier alpha value is -4.07. The lowest BCUT2D eigenvalue weighted by atomic mass is 10.1. The average Bonchev–Trinajstić information content (AvgIpc) is 3.34. The van der Waals surface area contributed by atoms with Crippen molar-refractivity contribution in [3.63, 3.8) is 0 Å². The highest BCUT2D eigenvalue weighted by Gasteiger charge is 2.10. The molecule has 0 radical (unpaired) electrons. The number of nitrogens with one attached hydrogen (secondary N) is 1. The van der Waals surface area contributed by atoms with Gasteiger partial charge in [0, 0.05) is 25.0 Å². The van der Waals surface area contributed by atoms with Crippen molar-refractivity contribution in [2.75, 3.05) is 0 Å². The van der Waals surface area contributed by atoms with Crippen LogP contribution in [0.25, 0.3) is 5.82 Å². The lowest BCUT2D eigenvalue weighted by Crippen LogP contribution is -2.23. The van der Waals surface area contributed by atoms with Crippen molar-refractivity contribution in [2.45, 2.75) is 19.6 Å². The Bertz CT molecular complexity index is 1080. The predicted octanol–water partition coefficient (Wildman–Crippen LogP) is 3.13. The zero-order valence-corrected chi connectivity index (χ0v) is 16.3. The van der Waals surface area contributed by atoms with Gasteiger partial charge >= 0.3 is 0 Å². The maximum Gasteiger partial charge on any atom is 0.253 e. The highest BCUT2D eigenvalue weighted by Crippen LogP contribution is 2.19. The van der Waals surface area contributed by atoms with Gasteiger partial charge in [-0.2, -0.15) is 5.10 Å². The van der Waals surface area contributed by atoms with Gasteiger partial charge in [0.05, 0.1) is 5.56 Å². The van der Waals surface area contributed by atoms with E-state index in [2.05, 4.69) is 25.4 Å². The van der Waals surface area contributed by atoms with E-state index in [1.54, 1.807) is 29.3 Å². The SMILES string of the molecule is C[C@H](Oc1ccc(C(=O)NCc2ccc(-n3cncn3)nc2)cn1)c1ccccc1. The predicted molar refractivity (Wildman–Crippen MR) is 110 cm³/mol. The molecule has 4 rings (SSSR count). The minimum Gasteiger partial charge on any atom is -0.470 e. The van der Waals surface area contributed by atoms with Crippen LogP contribution in [0.5, 0.6) is 5.88 Å². The smallest absolute Gasteiger partial charge is 0.253 e. The maximum absolute atomic E-state index is 12.4. The topological polar surface area (TPSA) is 94.8 Å². The van der Waals surface area contributed by atoms with Gasteiger partial charge in [-0.3, -0.25) is 4.79 Å². The number of hydrogen-bond acceptors (Lipinski definition) is 6. The summed E-state index contributed by atoms with van der Waals surface area (Å²) in [6.45, 7) is 2.31. The van der Waals surface area contributed by atoms with Gasteiger partial charge in [0.2, 0.25) is 5.88 Å². The second kappa shape index (κ2) is 8.95. The van der Waals surface area contributed by atoms with Gasteiger partial charge < -0.3 is 10.1 Å². The molecule has 30 heavy (non-hydrogen) atoms. The number of aromatic nitrogens is 5. The van der Waals surface area contributed by atoms with E-state index < -0.39 is 0 Å². The molecule has 3 heterocycles. The molecule has 1 aromatic carbocycles. The van der Waals surface area contributed by atoms with Gasteiger partial charge in [-0.25, -0.2) is 19.6 Å². The van der Waals surface area contributed by atoms with E-state index in [0.29, 0.717) is 23.8 Å². The number of benzene rings is 1. The molecule has 1 atom stereocenters. The highest BCUT2D eigenvalue weighted by atomic mass is 16.5. The summed E-state index contributed by atoms with van der Waals surface area (Å²) < 4.78 is 7.41. The first-order valence-electron chi connectivity index (χ1n) is 9.45. The maximum atomic E-state index is 12.4. The van der Waals surface area contributed by atoms with Crippen molar-refractivity contribution >= 4 is 5.91 Å². The lowest BCUT2D eigenvalue weighted by Gasteiger charge is -2.14. The molecule has 1 amide bonds. The molecule has 8 nitrogen and oxygen atoms in total. The average molecular weight is 400 g/mol. The fraction of sp³-hybridized carbons (Fsp3) is 0.136. The molecule has 0 aliphatic heterocycles. The van der Waals surface area contributed by atoms with Crippen LogP contribution in [0.1, 0.15) is 34.5 Å². The Labute approximate surface area is 173 Å². The summed E-state index contributed by atoms with van der Waals surface area (Å²) in [5.74, 6) is 0.911. The first-order valence-corrected chi connectivity index (χ1v) is 9.45. The Morgan fingerprint density at radius 3 is 2.60 bits per heavy atom. The molecule has 0 unspecified atom stereocenters. The normalized spacial score (nSPS) is 11.6. The molecule has 0 aliphatic rings. The van der Waals surface area contributed by atoms with Crippen molar-refractivity contribution in [1.29, 1.82) is 0 Å². The van der Waals surface area contributed by atoms with Crippen LogP contribution in [0.2, 0.25) is 0 Å². The van der Waals surface area contributed by atoms with Crippen LogP contribution in [0, 0.1) is 0 Å². The number of nitrogens with zero attached hydrogens (tertiary/aromatic N) is 5. The molecule has 0 fully saturated rings.